The van der Waals surface area contributed by atoms with Crippen molar-refractivity contribution in [3.8, 4) is 0 Å². The van der Waals surface area contributed by atoms with Gasteiger partial charge in [-0.05, 0) is 27.8 Å². The molecule has 0 saturated heterocycles. The second-order valence-electron chi connectivity index (χ2n) is 3.66. The lowest BCUT2D eigenvalue weighted by Gasteiger charge is -2.22. The van der Waals surface area contributed by atoms with Crippen molar-refractivity contribution in [3.05, 3.63) is 16.1 Å². The van der Waals surface area contributed by atoms with E-state index in [2.05, 4.69) is 24.1 Å². The average molecular weight is 184 g/mol. The quantitative estimate of drug-likeness (QED) is 0.777. The molecule has 0 aliphatic rings. The molecule has 0 unspecified atom stereocenters. The summed E-state index contributed by atoms with van der Waals surface area (Å²) in [6, 6.07) is 0. The minimum Gasteiger partial charge on any atom is -0.314 e. The van der Waals surface area contributed by atoms with Gasteiger partial charge in [-0.3, -0.25) is 0 Å². The van der Waals surface area contributed by atoms with Crippen LogP contribution < -0.4 is 5.32 Å². The van der Waals surface area contributed by atoms with Crippen LogP contribution in [0.2, 0.25) is 0 Å². The predicted molar refractivity (Wildman–Crippen MR) is 53.7 cm³/mol. The Morgan fingerprint density at radius 3 is 2.67 bits per heavy atom. The zero-order chi connectivity index (χ0) is 9.19. The van der Waals surface area contributed by atoms with E-state index in [1.165, 1.54) is 4.88 Å². The van der Waals surface area contributed by atoms with Crippen molar-refractivity contribution in [3.63, 3.8) is 0 Å². The molecule has 0 aromatic carbocycles. The van der Waals surface area contributed by atoms with Gasteiger partial charge in [0.2, 0.25) is 0 Å². The van der Waals surface area contributed by atoms with Crippen molar-refractivity contribution in [1.82, 2.24) is 10.3 Å². The lowest BCUT2D eigenvalue weighted by molar-refractivity contribution is 0.424. The van der Waals surface area contributed by atoms with Crippen molar-refractivity contribution in [1.29, 1.82) is 0 Å². The summed E-state index contributed by atoms with van der Waals surface area (Å²) in [5, 5.41) is 4.43. The molecule has 0 aliphatic heterocycles. The molecule has 2 nitrogen and oxygen atoms in total. The molecule has 0 bridgehead atoms. The number of nitrogens with zero attached hydrogens (tertiary/aromatic N) is 1. The van der Waals surface area contributed by atoms with Crippen LogP contribution >= 0.6 is 11.3 Å². The van der Waals surface area contributed by atoms with E-state index in [-0.39, 0.29) is 5.54 Å². The third kappa shape index (κ3) is 2.57. The van der Waals surface area contributed by atoms with Gasteiger partial charge in [0.25, 0.3) is 0 Å². The highest BCUT2D eigenvalue weighted by atomic mass is 32.1. The molecule has 0 saturated carbocycles. The van der Waals surface area contributed by atoms with Crippen molar-refractivity contribution >= 4 is 11.3 Å². The molecule has 3 heteroatoms. The standard InChI is InChI=1S/C9H16N2S/c1-7-11-6-8(12-7)5-9(2,3)10-4/h6,10H,5H2,1-4H3. The van der Waals surface area contributed by atoms with Crippen molar-refractivity contribution in [2.75, 3.05) is 7.05 Å². The van der Waals surface area contributed by atoms with Crippen molar-refractivity contribution < 1.29 is 0 Å². The van der Waals surface area contributed by atoms with Crippen LogP contribution in [0.1, 0.15) is 23.7 Å². The molecular formula is C9H16N2S. The Kier molecular flexibility index (Phi) is 2.85. The van der Waals surface area contributed by atoms with Gasteiger partial charge in [0.1, 0.15) is 0 Å². The summed E-state index contributed by atoms with van der Waals surface area (Å²) in [5.74, 6) is 0. The van der Waals surface area contributed by atoms with Crippen LogP contribution in [0.3, 0.4) is 0 Å². The van der Waals surface area contributed by atoms with Gasteiger partial charge in [0.05, 0.1) is 5.01 Å². The summed E-state index contributed by atoms with van der Waals surface area (Å²) in [4.78, 5) is 5.58. The minimum atomic E-state index is 0.180. The molecule has 0 radical (unpaired) electrons. The molecule has 68 valence electrons. The first kappa shape index (κ1) is 9.68. The highest BCUT2D eigenvalue weighted by Crippen LogP contribution is 2.17. The molecule has 1 heterocycles. The number of thiazole rings is 1. The molecule has 0 atom stereocenters. The van der Waals surface area contributed by atoms with Crippen LogP contribution in [-0.2, 0) is 6.42 Å². The molecule has 0 spiro atoms. The summed E-state index contributed by atoms with van der Waals surface area (Å²) in [6.45, 7) is 6.44. The number of rotatable bonds is 3. The number of hydrogen-bond acceptors (Lipinski definition) is 3. The Morgan fingerprint density at radius 2 is 2.25 bits per heavy atom. The Bertz CT molecular complexity index is 253. The Labute approximate surface area is 78.0 Å². The summed E-state index contributed by atoms with van der Waals surface area (Å²) < 4.78 is 0. The lowest BCUT2D eigenvalue weighted by Crippen LogP contribution is -2.38. The van der Waals surface area contributed by atoms with Crippen molar-refractivity contribution in [2.24, 2.45) is 0 Å². The molecular weight excluding hydrogens is 168 g/mol. The van der Waals surface area contributed by atoms with E-state index < -0.39 is 0 Å². The van der Waals surface area contributed by atoms with Gasteiger partial charge in [0.15, 0.2) is 0 Å². The molecule has 12 heavy (non-hydrogen) atoms. The molecule has 1 rings (SSSR count). The average Bonchev–Trinajstić information content (AvgIpc) is 2.35. The third-order valence-electron chi connectivity index (χ3n) is 1.96. The number of likely N-dealkylation sites (N-methyl/N-ethyl adjacent to an activating group) is 1. The lowest BCUT2D eigenvalue weighted by atomic mass is 10.0. The van der Waals surface area contributed by atoms with E-state index in [0.29, 0.717) is 0 Å². The van der Waals surface area contributed by atoms with Crippen LogP contribution in [0.4, 0.5) is 0 Å². The second kappa shape index (κ2) is 3.54. The highest BCUT2D eigenvalue weighted by Gasteiger charge is 2.16. The fourth-order valence-electron chi connectivity index (χ4n) is 1.01. The fraction of sp³-hybridized carbons (Fsp3) is 0.667. The highest BCUT2D eigenvalue weighted by molar-refractivity contribution is 7.11. The van der Waals surface area contributed by atoms with Gasteiger partial charge < -0.3 is 5.32 Å². The fourth-order valence-corrected chi connectivity index (χ4v) is 2.03. The van der Waals surface area contributed by atoms with Crippen molar-refractivity contribution in [2.45, 2.75) is 32.7 Å². The van der Waals surface area contributed by atoms with E-state index in [9.17, 15) is 0 Å². The summed E-state index contributed by atoms with van der Waals surface area (Å²) in [5.41, 5.74) is 0.180. The zero-order valence-electron chi connectivity index (χ0n) is 8.14. The van der Waals surface area contributed by atoms with E-state index in [0.717, 1.165) is 11.4 Å². The molecule has 1 aromatic heterocycles. The maximum atomic E-state index is 4.23. The maximum Gasteiger partial charge on any atom is 0.0896 e. The van der Waals surface area contributed by atoms with Gasteiger partial charge in [0, 0.05) is 23.0 Å². The Hall–Kier alpha value is -0.410. The number of aromatic nitrogens is 1. The maximum absolute atomic E-state index is 4.23. The Morgan fingerprint density at radius 1 is 1.58 bits per heavy atom. The summed E-state index contributed by atoms with van der Waals surface area (Å²) in [7, 11) is 1.99. The first-order chi connectivity index (χ1) is 5.53. The third-order valence-corrected chi connectivity index (χ3v) is 2.87. The topological polar surface area (TPSA) is 24.9 Å². The normalized spacial score (nSPS) is 12.0. The minimum absolute atomic E-state index is 0.180. The zero-order valence-corrected chi connectivity index (χ0v) is 8.96. The first-order valence-corrected chi connectivity index (χ1v) is 4.95. The smallest absolute Gasteiger partial charge is 0.0896 e. The first-order valence-electron chi connectivity index (χ1n) is 4.14. The van der Waals surface area contributed by atoms with Crippen LogP contribution in [0.25, 0.3) is 0 Å². The predicted octanol–water partition coefficient (Wildman–Crippen LogP) is 1.99. The largest absolute Gasteiger partial charge is 0.314 e. The number of aryl methyl sites for hydroxylation is 1. The Balaban J connectivity index is 2.63. The molecule has 0 fully saturated rings. The number of nitrogens with one attached hydrogen (secondary N) is 1. The van der Waals surface area contributed by atoms with Crippen LogP contribution in [0.5, 0.6) is 0 Å². The van der Waals surface area contributed by atoms with Gasteiger partial charge in [-0.2, -0.15) is 0 Å². The van der Waals surface area contributed by atoms with Gasteiger partial charge in [-0.15, -0.1) is 11.3 Å². The second-order valence-corrected chi connectivity index (χ2v) is 4.98. The van der Waals surface area contributed by atoms with E-state index in [4.69, 9.17) is 0 Å². The monoisotopic (exact) mass is 184 g/mol. The van der Waals surface area contributed by atoms with E-state index >= 15 is 0 Å². The molecule has 0 aliphatic carbocycles. The summed E-state index contributed by atoms with van der Waals surface area (Å²) >= 11 is 1.78. The van der Waals surface area contributed by atoms with E-state index in [1.807, 2.05) is 20.2 Å². The molecule has 0 amide bonds. The molecule has 1 aromatic rings. The van der Waals surface area contributed by atoms with E-state index in [1.54, 1.807) is 11.3 Å². The number of hydrogen-bond donors (Lipinski definition) is 1. The van der Waals surface area contributed by atoms with Gasteiger partial charge in [-0.25, -0.2) is 4.98 Å². The van der Waals surface area contributed by atoms with Gasteiger partial charge in [-0.1, -0.05) is 0 Å². The SMILES string of the molecule is CNC(C)(C)Cc1cnc(C)s1. The van der Waals surface area contributed by atoms with Gasteiger partial charge >= 0.3 is 0 Å². The summed E-state index contributed by atoms with van der Waals surface area (Å²) in [6.07, 6.45) is 3.02. The van der Waals surface area contributed by atoms with Crippen LogP contribution in [0.15, 0.2) is 6.20 Å². The molecule has 1 N–H and O–H groups in total. The van der Waals surface area contributed by atoms with Crippen LogP contribution in [0, 0.1) is 6.92 Å². The van der Waals surface area contributed by atoms with Crippen LogP contribution in [-0.4, -0.2) is 17.6 Å².